The number of fused-ring (bicyclic) bond motifs is 1. The summed E-state index contributed by atoms with van der Waals surface area (Å²) >= 11 is 5.86. The second-order valence-electron chi connectivity index (χ2n) is 7.06. The number of hydrogen-bond acceptors (Lipinski definition) is 4. The maximum Gasteiger partial charge on any atom is 0.196 e. The molecule has 0 amide bonds. The summed E-state index contributed by atoms with van der Waals surface area (Å²) in [5.41, 5.74) is 3.75. The summed E-state index contributed by atoms with van der Waals surface area (Å²) in [5.74, 6) is 1.17. The third-order valence-electron chi connectivity index (χ3n) is 4.88. The van der Waals surface area contributed by atoms with Crippen molar-refractivity contribution >= 4 is 22.6 Å². The molecule has 4 aromatic rings. The van der Waals surface area contributed by atoms with Gasteiger partial charge in [-0.1, -0.05) is 41.9 Å². The van der Waals surface area contributed by atoms with Crippen LogP contribution in [0.5, 0.6) is 5.75 Å². The van der Waals surface area contributed by atoms with Crippen molar-refractivity contribution in [3.63, 3.8) is 0 Å². The average Bonchev–Trinajstić information content (AvgIpc) is 2.72. The van der Waals surface area contributed by atoms with Crippen molar-refractivity contribution in [1.82, 2.24) is 4.98 Å². The Hall–Kier alpha value is -3.11. The Morgan fingerprint density at radius 3 is 2.52 bits per heavy atom. The molecule has 1 atom stereocenters. The van der Waals surface area contributed by atoms with E-state index in [9.17, 15) is 4.79 Å². The first-order valence-corrected chi connectivity index (χ1v) is 9.73. The van der Waals surface area contributed by atoms with Gasteiger partial charge in [-0.25, -0.2) is 4.98 Å². The van der Waals surface area contributed by atoms with Gasteiger partial charge >= 0.3 is 0 Å². The molecule has 2 aromatic carbocycles. The van der Waals surface area contributed by atoms with Crippen LogP contribution in [-0.2, 0) is 0 Å². The zero-order valence-electron chi connectivity index (χ0n) is 16.4. The quantitative estimate of drug-likeness (QED) is 0.376. The van der Waals surface area contributed by atoms with E-state index in [4.69, 9.17) is 20.8 Å². The molecule has 29 heavy (non-hydrogen) atoms. The van der Waals surface area contributed by atoms with E-state index < -0.39 is 0 Å². The molecule has 4 nitrogen and oxygen atoms in total. The number of aryl methyl sites for hydroxylation is 1. The Kier molecular flexibility index (Phi) is 5.12. The van der Waals surface area contributed by atoms with E-state index in [0.29, 0.717) is 33.2 Å². The van der Waals surface area contributed by atoms with Crippen LogP contribution in [0.3, 0.4) is 0 Å². The van der Waals surface area contributed by atoms with Crippen molar-refractivity contribution in [3.8, 4) is 17.1 Å². The third-order valence-corrected chi connectivity index (χ3v) is 5.10. The van der Waals surface area contributed by atoms with Crippen LogP contribution in [0.2, 0.25) is 5.15 Å². The van der Waals surface area contributed by atoms with Crippen molar-refractivity contribution < 1.29 is 9.15 Å². The van der Waals surface area contributed by atoms with Gasteiger partial charge in [0.15, 0.2) is 5.43 Å². The lowest BCUT2D eigenvalue weighted by atomic mass is 10.00. The lowest BCUT2D eigenvalue weighted by molar-refractivity contribution is 0.226. The maximum atomic E-state index is 13.1. The lowest BCUT2D eigenvalue weighted by Crippen LogP contribution is -2.11. The van der Waals surface area contributed by atoms with Crippen LogP contribution in [0.25, 0.3) is 22.3 Å². The molecule has 0 saturated carbocycles. The fraction of sp³-hybridized carbons (Fsp3) is 0.167. The van der Waals surface area contributed by atoms with Gasteiger partial charge in [-0.05, 0) is 50.6 Å². The maximum absolute atomic E-state index is 13.1. The molecule has 146 valence electrons. The van der Waals surface area contributed by atoms with Crippen molar-refractivity contribution in [2.75, 3.05) is 0 Å². The molecule has 0 fully saturated rings. The Labute approximate surface area is 173 Å². The monoisotopic (exact) mass is 405 g/mol. The van der Waals surface area contributed by atoms with Crippen molar-refractivity contribution in [2.45, 2.75) is 26.9 Å². The molecular weight excluding hydrogens is 386 g/mol. The molecule has 4 rings (SSSR count). The van der Waals surface area contributed by atoms with Crippen molar-refractivity contribution in [1.29, 1.82) is 0 Å². The second kappa shape index (κ2) is 7.72. The van der Waals surface area contributed by atoms with E-state index in [1.165, 1.54) is 0 Å². The predicted molar refractivity (Wildman–Crippen MR) is 116 cm³/mol. The van der Waals surface area contributed by atoms with Crippen LogP contribution in [0.1, 0.15) is 29.7 Å². The molecule has 5 heteroatoms. The largest absolute Gasteiger partial charge is 0.484 e. The van der Waals surface area contributed by atoms with Crippen LogP contribution in [0, 0.1) is 13.8 Å². The first-order chi connectivity index (χ1) is 13.9. The molecular formula is C24H20ClNO3. The van der Waals surface area contributed by atoms with Crippen LogP contribution in [0.4, 0.5) is 0 Å². The van der Waals surface area contributed by atoms with Crippen LogP contribution in [-0.4, -0.2) is 4.98 Å². The molecule has 0 N–H and O–H groups in total. The molecule has 0 aliphatic rings. The zero-order chi connectivity index (χ0) is 20.5. The van der Waals surface area contributed by atoms with Gasteiger partial charge < -0.3 is 9.15 Å². The summed E-state index contributed by atoms with van der Waals surface area (Å²) in [6.45, 7) is 5.68. The fourth-order valence-electron chi connectivity index (χ4n) is 3.43. The molecule has 2 heterocycles. The van der Waals surface area contributed by atoms with E-state index in [0.717, 1.165) is 16.7 Å². The first-order valence-electron chi connectivity index (χ1n) is 9.35. The summed E-state index contributed by atoms with van der Waals surface area (Å²) in [4.78, 5) is 17.2. The first kappa shape index (κ1) is 19.2. The van der Waals surface area contributed by atoms with Gasteiger partial charge in [0.2, 0.25) is 0 Å². The van der Waals surface area contributed by atoms with Gasteiger partial charge in [0.25, 0.3) is 0 Å². The number of pyridine rings is 1. The van der Waals surface area contributed by atoms with Crippen molar-refractivity contribution in [3.05, 3.63) is 92.9 Å². The molecule has 0 bridgehead atoms. The predicted octanol–water partition coefficient (Wildman–Crippen LogP) is 6.27. The SMILES string of the molecule is Cc1cc([C@@H](C)Oc2ccc(Cl)nc2)c2oc(-c3ccccc3)c(C)c(=O)c2c1. The molecule has 0 aliphatic heterocycles. The zero-order valence-corrected chi connectivity index (χ0v) is 17.2. The second-order valence-corrected chi connectivity index (χ2v) is 7.45. The summed E-state index contributed by atoms with van der Waals surface area (Å²) in [5, 5.41) is 0.960. The van der Waals surface area contributed by atoms with E-state index >= 15 is 0 Å². The molecule has 0 saturated heterocycles. The van der Waals surface area contributed by atoms with Crippen LogP contribution < -0.4 is 10.2 Å². The Morgan fingerprint density at radius 1 is 1.07 bits per heavy atom. The van der Waals surface area contributed by atoms with Crippen LogP contribution >= 0.6 is 11.6 Å². The number of rotatable bonds is 4. The van der Waals surface area contributed by atoms with E-state index in [-0.39, 0.29) is 11.5 Å². The number of hydrogen-bond donors (Lipinski definition) is 0. The normalized spacial score (nSPS) is 12.1. The molecule has 0 spiro atoms. The molecule has 0 radical (unpaired) electrons. The third kappa shape index (κ3) is 3.76. The number of aromatic nitrogens is 1. The summed E-state index contributed by atoms with van der Waals surface area (Å²) in [6, 6.07) is 16.9. The summed E-state index contributed by atoms with van der Waals surface area (Å²) in [7, 11) is 0. The van der Waals surface area contributed by atoms with E-state index in [2.05, 4.69) is 4.98 Å². The lowest BCUT2D eigenvalue weighted by Gasteiger charge is -2.18. The molecule has 0 unspecified atom stereocenters. The van der Waals surface area contributed by atoms with E-state index in [1.54, 1.807) is 25.3 Å². The Bertz CT molecular complexity index is 1230. The van der Waals surface area contributed by atoms with Gasteiger partial charge in [-0.2, -0.15) is 0 Å². The topological polar surface area (TPSA) is 52.3 Å². The number of benzene rings is 2. The van der Waals surface area contributed by atoms with Gasteiger partial charge in [0, 0.05) is 16.7 Å². The highest BCUT2D eigenvalue weighted by Crippen LogP contribution is 2.32. The Balaban J connectivity index is 1.88. The minimum atomic E-state index is -0.352. The summed E-state index contributed by atoms with van der Waals surface area (Å²) in [6.07, 6.45) is 1.22. The summed E-state index contributed by atoms with van der Waals surface area (Å²) < 4.78 is 12.4. The minimum Gasteiger partial charge on any atom is -0.484 e. The van der Waals surface area contributed by atoms with Crippen molar-refractivity contribution in [2.24, 2.45) is 0 Å². The highest BCUT2D eigenvalue weighted by Gasteiger charge is 2.19. The highest BCUT2D eigenvalue weighted by molar-refractivity contribution is 6.29. The van der Waals surface area contributed by atoms with Gasteiger partial charge in [-0.15, -0.1) is 0 Å². The number of ether oxygens (including phenoxy) is 1. The fourth-order valence-corrected chi connectivity index (χ4v) is 3.55. The molecule has 2 aromatic heterocycles. The highest BCUT2D eigenvalue weighted by atomic mass is 35.5. The molecule has 0 aliphatic carbocycles. The Morgan fingerprint density at radius 2 is 1.83 bits per heavy atom. The van der Waals surface area contributed by atoms with Crippen LogP contribution in [0.15, 0.2) is 70.0 Å². The standard InChI is InChI=1S/C24H20ClNO3/c1-14-11-19(16(3)28-18-9-10-21(25)26-13-18)24-20(12-14)22(27)15(2)23(29-24)17-7-5-4-6-8-17/h4-13,16H,1-3H3/t16-/m1/s1. The smallest absolute Gasteiger partial charge is 0.196 e. The number of nitrogens with zero attached hydrogens (tertiary/aromatic N) is 1. The average molecular weight is 406 g/mol. The minimum absolute atomic E-state index is 0.0320. The van der Waals surface area contributed by atoms with E-state index in [1.807, 2.05) is 56.3 Å². The van der Waals surface area contributed by atoms with Gasteiger partial charge in [-0.3, -0.25) is 4.79 Å². The van der Waals surface area contributed by atoms with Gasteiger partial charge in [0.1, 0.15) is 28.3 Å². The number of halogens is 1. The van der Waals surface area contributed by atoms with Gasteiger partial charge in [0.05, 0.1) is 11.6 Å².